The first-order valence-electron chi connectivity index (χ1n) is 8.48. The second-order valence-electron chi connectivity index (χ2n) is 4.72. The van der Waals surface area contributed by atoms with Crippen LogP contribution in [0, 0.1) is 0 Å². The Kier molecular flexibility index (Phi) is 21.3. The van der Waals surface area contributed by atoms with Gasteiger partial charge in [0.1, 0.15) is 0 Å². The van der Waals surface area contributed by atoms with Gasteiger partial charge in [-0.15, -0.1) is 0 Å². The van der Waals surface area contributed by atoms with Crippen molar-refractivity contribution in [2.75, 3.05) is 32.9 Å². The van der Waals surface area contributed by atoms with Crippen LogP contribution in [0.5, 0.6) is 0 Å². The van der Waals surface area contributed by atoms with E-state index < -0.39 is 8.80 Å². The zero-order chi connectivity index (χ0) is 16.4. The van der Waals surface area contributed by atoms with E-state index in [0.29, 0.717) is 44.0 Å². The third-order valence-corrected chi connectivity index (χ3v) is 17.7. The molecule has 0 saturated carbocycles. The highest BCUT2D eigenvalue weighted by Gasteiger charge is 2.39. The van der Waals surface area contributed by atoms with Crippen LogP contribution < -0.4 is 11.5 Å². The molecular formula is C12H38N2O3Si4. The molecule has 0 aromatic rings. The van der Waals surface area contributed by atoms with E-state index in [1.807, 2.05) is 20.8 Å². The number of hydrogen-bond donors (Lipinski definition) is 2. The van der Waals surface area contributed by atoms with Gasteiger partial charge in [0.05, 0.1) is 0 Å². The van der Waals surface area contributed by atoms with Crippen molar-refractivity contribution in [2.45, 2.75) is 45.7 Å². The van der Waals surface area contributed by atoms with Gasteiger partial charge in [0.15, 0.2) is 0 Å². The molecule has 0 aromatic carbocycles. The third-order valence-electron chi connectivity index (χ3n) is 2.84. The van der Waals surface area contributed by atoms with Crippen LogP contribution in [-0.4, -0.2) is 69.1 Å². The topological polar surface area (TPSA) is 79.7 Å². The molecule has 0 heterocycles. The van der Waals surface area contributed by atoms with E-state index in [9.17, 15) is 0 Å². The van der Waals surface area contributed by atoms with E-state index in [1.165, 1.54) is 6.42 Å². The summed E-state index contributed by atoms with van der Waals surface area (Å²) in [6, 6.07) is 2.37. The van der Waals surface area contributed by atoms with Gasteiger partial charge in [0.25, 0.3) is 0 Å². The highest BCUT2D eigenvalue weighted by atomic mass is 29.5. The summed E-state index contributed by atoms with van der Waals surface area (Å²) < 4.78 is 17.0. The maximum Gasteiger partial charge on any atom is 0.500 e. The van der Waals surface area contributed by atoms with Crippen molar-refractivity contribution >= 4 is 36.2 Å². The minimum absolute atomic E-state index is 0.531. The van der Waals surface area contributed by atoms with Crippen molar-refractivity contribution < 1.29 is 13.3 Å². The Balaban J connectivity index is 0. The Morgan fingerprint density at radius 2 is 1.38 bits per heavy atom. The average Bonchev–Trinajstić information content (AvgIpc) is 2.47. The first-order chi connectivity index (χ1) is 10.2. The van der Waals surface area contributed by atoms with Gasteiger partial charge in [0.2, 0.25) is 0 Å². The standard InChI is InChI=1S/C9H23NO3Si.C3H15NSi3/c1-4-11-14(12-5-2,13-6-3)9-7-8-10;4-2-1-3-6-7-5/h4-10H2,1-3H3;1-4,6-7H2,5H3. The van der Waals surface area contributed by atoms with Crippen LogP contribution in [0.2, 0.25) is 12.1 Å². The molecule has 0 rings (SSSR count). The average molecular weight is 371 g/mol. The number of nitrogens with two attached hydrogens (primary N) is 2. The van der Waals surface area contributed by atoms with Crippen molar-refractivity contribution in [1.82, 2.24) is 0 Å². The normalized spacial score (nSPS) is 12.4. The Hall–Kier alpha value is 0.668. The lowest BCUT2D eigenvalue weighted by Gasteiger charge is -2.28. The van der Waals surface area contributed by atoms with Gasteiger partial charge in [-0.25, -0.2) is 0 Å². The summed E-state index contributed by atoms with van der Waals surface area (Å²) in [5.41, 5.74) is 10.8. The molecule has 0 saturated heterocycles. The largest absolute Gasteiger partial charge is 0.500 e. The lowest BCUT2D eigenvalue weighted by atomic mass is 10.5. The molecule has 9 heteroatoms. The van der Waals surface area contributed by atoms with Gasteiger partial charge in [-0.3, -0.25) is 0 Å². The molecule has 0 aromatic heterocycles. The fourth-order valence-corrected chi connectivity index (χ4v) is 12.7. The minimum Gasteiger partial charge on any atom is -0.374 e. The van der Waals surface area contributed by atoms with Crippen LogP contribution in [0.15, 0.2) is 0 Å². The van der Waals surface area contributed by atoms with Crippen molar-refractivity contribution in [2.24, 2.45) is 11.5 Å². The minimum atomic E-state index is -2.40. The monoisotopic (exact) mass is 370 g/mol. The molecule has 0 amide bonds. The second-order valence-corrected chi connectivity index (χ2v) is 24.0. The van der Waals surface area contributed by atoms with Crippen LogP contribution in [0.25, 0.3) is 0 Å². The molecule has 0 fully saturated rings. The zero-order valence-corrected chi connectivity index (χ0v) is 20.5. The van der Waals surface area contributed by atoms with Gasteiger partial charge in [-0.1, -0.05) is 6.04 Å². The summed E-state index contributed by atoms with van der Waals surface area (Å²) in [5, 5.41) is 0. The highest BCUT2D eigenvalue weighted by Crippen LogP contribution is 2.17. The van der Waals surface area contributed by atoms with Crippen LogP contribution in [0.4, 0.5) is 0 Å². The van der Waals surface area contributed by atoms with Crippen molar-refractivity contribution in [3.05, 3.63) is 0 Å². The summed E-state index contributed by atoms with van der Waals surface area (Å²) in [6.07, 6.45) is 2.22. The fourth-order valence-electron chi connectivity index (χ4n) is 1.89. The Morgan fingerprint density at radius 1 is 0.905 bits per heavy atom. The maximum absolute atomic E-state index is 5.65. The van der Waals surface area contributed by atoms with Crippen LogP contribution in [0.3, 0.4) is 0 Å². The summed E-state index contributed by atoms with van der Waals surface area (Å²) in [4.78, 5) is 0. The second kappa shape index (κ2) is 18.7. The quantitative estimate of drug-likeness (QED) is 0.310. The first kappa shape index (κ1) is 23.9. The molecule has 0 aliphatic heterocycles. The fraction of sp³-hybridized carbons (Fsp3) is 1.00. The van der Waals surface area contributed by atoms with Gasteiger partial charge >= 0.3 is 8.80 Å². The highest BCUT2D eigenvalue weighted by molar-refractivity contribution is 7.23. The molecule has 0 radical (unpaired) electrons. The van der Waals surface area contributed by atoms with Crippen LogP contribution in [-0.2, 0) is 13.3 Å². The maximum atomic E-state index is 5.65. The van der Waals surface area contributed by atoms with Crippen molar-refractivity contribution in [3.63, 3.8) is 0 Å². The molecule has 5 nitrogen and oxygen atoms in total. The van der Waals surface area contributed by atoms with Gasteiger partial charge < -0.3 is 24.7 Å². The van der Waals surface area contributed by atoms with Crippen molar-refractivity contribution in [1.29, 1.82) is 0 Å². The Morgan fingerprint density at radius 3 is 1.71 bits per heavy atom. The smallest absolute Gasteiger partial charge is 0.374 e. The molecule has 0 unspecified atom stereocenters. The molecule has 0 atom stereocenters. The van der Waals surface area contributed by atoms with Crippen LogP contribution >= 0.6 is 0 Å². The molecule has 0 aliphatic carbocycles. The van der Waals surface area contributed by atoms with Gasteiger partial charge in [-0.05, 0) is 65.0 Å². The van der Waals surface area contributed by atoms with E-state index in [-0.39, 0.29) is 0 Å². The molecule has 130 valence electrons. The van der Waals surface area contributed by atoms with Gasteiger partial charge in [-0.2, -0.15) is 0 Å². The Bertz CT molecular complexity index is 184. The van der Waals surface area contributed by atoms with Crippen molar-refractivity contribution in [3.8, 4) is 0 Å². The Labute approximate surface area is 139 Å². The summed E-state index contributed by atoms with van der Waals surface area (Å²) in [6.45, 7) is 9.38. The summed E-state index contributed by atoms with van der Waals surface area (Å²) in [5.74, 6) is 0. The molecule has 0 aliphatic rings. The first-order valence-corrected chi connectivity index (χ1v) is 21.1. The zero-order valence-electron chi connectivity index (χ0n) is 14.7. The molecular weight excluding hydrogens is 332 g/mol. The predicted molar refractivity (Wildman–Crippen MR) is 105 cm³/mol. The lowest BCUT2D eigenvalue weighted by Crippen LogP contribution is -2.46. The van der Waals surface area contributed by atoms with E-state index >= 15 is 0 Å². The third kappa shape index (κ3) is 15.3. The van der Waals surface area contributed by atoms with Gasteiger partial charge in [0, 0.05) is 34.9 Å². The van der Waals surface area contributed by atoms with E-state index in [1.54, 1.807) is 15.8 Å². The summed E-state index contributed by atoms with van der Waals surface area (Å²) in [7, 11) is 0.316. The molecule has 21 heavy (non-hydrogen) atoms. The molecule has 0 bridgehead atoms. The van der Waals surface area contributed by atoms with E-state index in [2.05, 4.69) is 0 Å². The van der Waals surface area contributed by atoms with Crippen LogP contribution in [0.1, 0.15) is 33.6 Å². The summed E-state index contributed by atoms with van der Waals surface area (Å²) >= 11 is 0. The predicted octanol–water partition coefficient (Wildman–Crippen LogP) is -1.33. The lowest BCUT2D eigenvalue weighted by molar-refractivity contribution is 0.0710. The number of hydrogen-bond acceptors (Lipinski definition) is 5. The van der Waals surface area contributed by atoms with E-state index in [4.69, 9.17) is 24.7 Å². The molecule has 4 N–H and O–H groups in total. The van der Waals surface area contributed by atoms with E-state index in [0.717, 1.165) is 19.0 Å². The SMILES string of the molecule is CCO[Si](CCCN)(OCC)OCC.NCCC[SiH2][SiH2][SiH3]. The molecule has 0 spiro atoms. The number of rotatable bonds is 13.